The normalized spacial score (nSPS) is 10.1. The summed E-state index contributed by atoms with van der Waals surface area (Å²) < 4.78 is 0. The van der Waals surface area contributed by atoms with Crippen LogP contribution in [0.4, 0.5) is 0 Å². The van der Waals surface area contributed by atoms with Crippen molar-refractivity contribution in [3.05, 3.63) is 25.3 Å². The molecule has 0 aromatic carbocycles. The number of aliphatic hydroxyl groups excluding tert-OH is 2. The van der Waals surface area contributed by atoms with E-state index in [1.165, 1.54) is 0 Å². The van der Waals surface area contributed by atoms with E-state index >= 15 is 0 Å². The lowest BCUT2D eigenvalue weighted by atomic mass is 9.82. The molecule has 0 amide bonds. The Bertz CT molecular complexity index is 134. The Labute approximate surface area is 94.3 Å². The van der Waals surface area contributed by atoms with Crippen molar-refractivity contribution in [2.75, 3.05) is 13.2 Å². The summed E-state index contributed by atoms with van der Waals surface area (Å²) in [5.41, 5.74) is -0.212. The van der Waals surface area contributed by atoms with Gasteiger partial charge in [0.25, 0.3) is 0 Å². The molecule has 90 valence electrons. The van der Waals surface area contributed by atoms with Crippen LogP contribution in [0.3, 0.4) is 0 Å². The molecule has 0 saturated carbocycles. The van der Waals surface area contributed by atoms with Crippen LogP contribution in [0.25, 0.3) is 0 Å². The van der Waals surface area contributed by atoms with E-state index in [1.54, 1.807) is 12.2 Å². The Morgan fingerprint density at radius 2 is 1.53 bits per heavy atom. The molecule has 0 heterocycles. The van der Waals surface area contributed by atoms with Gasteiger partial charge in [-0.25, -0.2) is 0 Å². The number of allylic oxidation sites excluding steroid dienone is 2. The van der Waals surface area contributed by atoms with Crippen LogP contribution < -0.4 is 0 Å². The molecule has 0 aliphatic rings. The Kier molecular flexibility index (Phi) is 12.9. The van der Waals surface area contributed by atoms with Crippen LogP contribution in [0.2, 0.25) is 0 Å². The minimum absolute atomic E-state index is 0.111. The fourth-order valence-electron chi connectivity index (χ4n) is 1.16. The number of hydrogen-bond acceptors (Lipinski definition) is 2. The van der Waals surface area contributed by atoms with Gasteiger partial charge >= 0.3 is 0 Å². The summed E-state index contributed by atoms with van der Waals surface area (Å²) in [7, 11) is 0. The van der Waals surface area contributed by atoms with E-state index in [4.69, 9.17) is 10.2 Å². The van der Waals surface area contributed by atoms with Crippen LogP contribution in [0.5, 0.6) is 0 Å². The maximum absolute atomic E-state index is 9.04. The van der Waals surface area contributed by atoms with E-state index in [0.717, 1.165) is 25.7 Å². The highest BCUT2D eigenvalue weighted by Crippen LogP contribution is 2.27. The van der Waals surface area contributed by atoms with Gasteiger partial charge < -0.3 is 10.2 Å². The largest absolute Gasteiger partial charge is 0.396 e. The van der Waals surface area contributed by atoms with E-state index in [2.05, 4.69) is 20.1 Å². The van der Waals surface area contributed by atoms with Crippen LogP contribution in [0, 0.1) is 5.41 Å². The van der Waals surface area contributed by atoms with Crippen molar-refractivity contribution in [2.45, 2.75) is 39.5 Å². The van der Waals surface area contributed by atoms with Gasteiger partial charge in [0.1, 0.15) is 0 Å². The number of aliphatic hydroxyl groups is 2. The third-order valence-electron chi connectivity index (χ3n) is 2.65. The van der Waals surface area contributed by atoms with E-state index in [-0.39, 0.29) is 18.6 Å². The molecule has 0 aliphatic carbocycles. The molecule has 0 spiro atoms. The summed E-state index contributed by atoms with van der Waals surface area (Å²) >= 11 is 0. The average Bonchev–Trinajstić information content (AvgIpc) is 2.32. The zero-order valence-corrected chi connectivity index (χ0v) is 10.2. The molecular weight excluding hydrogens is 188 g/mol. The van der Waals surface area contributed by atoms with Crippen LogP contribution in [-0.4, -0.2) is 23.4 Å². The van der Waals surface area contributed by atoms with Gasteiger partial charge in [0.05, 0.1) is 13.2 Å². The smallest absolute Gasteiger partial charge is 0.0509 e. The second-order valence-electron chi connectivity index (χ2n) is 3.74. The first kappa shape index (κ1) is 16.8. The topological polar surface area (TPSA) is 40.5 Å². The number of hydrogen-bond donors (Lipinski definition) is 2. The van der Waals surface area contributed by atoms with E-state index in [1.807, 2.05) is 6.92 Å². The fourth-order valence-corrected chi connectivity index (χ4v) is 1.16. The second kappa shape index (κ2) is 11.5. The minimum atomic E-state index is -0.212. The van der Waals surface area contributed by atoms with Gasteiger partial charge in [-0.15, -0.1) is 0 Å². The quantitative estimate of drug-likeness (QED) is 0.640. The minimum Gasteiger partial charge on any atom is -0.396 e. The second-order valence-corrected chi connectivity index (χ2v) is 3.74. The van der Waals surface area contributed by atoms with Crippen LogP contribution in [0.15, 0.2) is 25.3 Å². The molecule has 0 radical (unpaired) electrons. The molecule has 0 aliphatic heterocycles. The van der Waals surface area contributed by atoms with Crippen LogP contribution >= 0.6 is 0 Å². The molecule has 2 heteroatoms. The molecule has 0 fully saturated rings. The summed E-state index contributed by atoms with van der Waals surface area (Å²) in [4.78, 5) is 0. The highest BCUT2D eigenvalue weighted by Gasteiger charge is 2.25. The summed E-state index contributed by atoms with van der Waals surface area (Å²) in [6.45, 7) is 11.1. The van der Waals surface area contributed by atoms with Crippen LogP contribution in [-0.2, 0) is 0 Å². The molecule has 0 aromatic heterocycles. The Balaban J connectivity index is 0. The molecule has 0 bridgehead atoms. The van der Waals surface area contributed by atoms with Gasteiger partial charge in [-0.3, -0.25) is 0 Å². The molecule has 0 unspecified atom stereocenters. The van der Waals surface area contributed by atoms with Crippen molar-refractivity contribution in [2.24, 2.45) is 5.41 Å². The highest BCUT2D eigenvalue weighted by atomic mass is 16.3. The van der Waals surface area contributed by atoms with Gasteiger partial charge in [0.15, 0.2) is 0 Å². The first-order chi connectivity index (χ1) is 7.16. The molecule has 0 saturated heterocycles. The molecule has 2 nitrogen and oxygen atoms in total. The lowest BCUT2D eigenvalue weighted by Crippen LogP contribution is -2.28. The average molecular weight is 214 g/mol. The molecule has 0 aromatic rings. The molecule has 0 rings (SSSR count). The fraction of sp³-hybridized carbons (Fsp3) is 0.692. The summed E-state index contributed by atoms with van der Waals surface area (Å²) in [6.07, 6.45) is 7.30. The van der Waals surface area contributed by atoms with Crippen molar-refractivity contribution in [1.29, 1.82) is 0 Å². The van der Waals surface area contributed by atoms with Crippen molar-refractivity contribution < 1.29 is 10.2 Å². The van der Waals surface area contributed by atoms with E-state index in [0.29, 0.717) is 0 Å². The van der Waals surface area contributed by atoms with E-state index in [9.17, 15) is 0 Å². The third-order valence-corrected chi connectivity index (χ3v) is 2.65. The summed E-state index contributed by atoms with van der Waals surface area (Å²) in [5, 5.41) is 18.1. The first-order valence-electron chi connectivity index (χ1n) is 5.61. The van der Waals surface area contributed by atoms with Gasteiger partial charge in [-0.2, -0.15) is 0 Å². The van der Waals surface area contributed by atoms with E-state index < -0.39 is 0 Å². The maximum atomic E-state index is 9.04. The van der Waals surface area contributed by atoms with Crippen LogP contribution in [0.1, 0.15) is 39.5 Å². The first-order valence-corrected chi connectivity index (χ1v) is 5.61. The lowest BCUT2D eigenvalue weighted by Gasteiger charge is -2.27. The van der Waals surface area contributed by atoms with Crippen molar-refractivity contribution in [3.63, 3.8) is 0 Å². The summed E-state index contributed by atoms with van der Waals surface area (Å²) in [5.74, 6) is 0. The lowest BCUT2D eigenvalue weighted by molar-refractivity contribution is 0.0420. The van der Waals surface area contributed by atoms with Crippen molar-refractivity contribution >= 4 is 0 Å². The van der Waals surface area contributed by atoms with Crippen molar-refractivity contribution in [1.82, 2.24) is 0 Å². The highest BCUT2D eigenvalue weighted by molar-refractivity contribution is 4.88. The third kappa shape index (κ3) is 8.40. The van der Waals surface area contributed by atoms with Gasteiger partial charge in [-0.05, 0) is 12.8 Å². The molecule has 15 heavy (non-hydrogen) atoms. The van der Waals surface area contributed by atoms with Crippen molar-refractivity contribution in [3.8, 4) is 0 Å². The Hall–Kier alpha value is -0.600. The summed E-state index contributed by atoms with van der Waals surface area (Å²) in [6, 6.07) is 0. The Morgan fingerprint density at radius 1 is 1.07 bits per heavy atom. The molecule has 2 N–H and O–H groups in total. The zero-order valence-electron chi connectivity index (χ0n) is 10.2. The maximum Gasteiger partial charge on any atom is 0.0509 e. The molecular formula is C13H26O2. The zero-order chi connectivity index (χ0) is 12.2. The number of unbranched alkanes of at least 4 members (excludes halogenated alkanes) is 1. The SMILES string of the molecule is C=CC=C.CCCCC(CC)(CO)CO. The van der Waals surface area contributed by atoms with Gasteiger partial charge in [0.2, 0.25) is 0 Å². The predicted octanol–water partition coefficient (Wildman–Crippen LogP) is 2.92. The molecule has 0 atom stereocenters. The van der Waals surface area contributed by atoms with Gasteiger partial charge in [0, 0.05) is 5.41 Å². The standard InChI is InChI=1S/C9H20O2.C4H6/c1-3-5-6-9(4-2,7-10)8-11;1-3-4-2/h10-11H,3-8H2,1-2H3;3-4H,1-2H2. The Morgan fingerprint density at radius 3 is 1.73 bits per heavy atom. The van der Waals surface area contributed by atoms with Gasteiger partial charge in [-0.1, -0.05) is 52.0 Å². The number of rotatable bonds is 7. The predicted molar refractivity (Wildman–Crippen MR) is 66.8 cm³/mol. The monoisotopic (exact) mass is 214 g/mol.